The normalized spacial score (nSPS) is 28.5. The maximum absolute atomic E-state index is 4.13. The summed E-state index contributed by atoms with van der Waals surface area (Å²) in [6.07, 6.45) is 4.98. The van der Waals surface area contributed by atoms with Crippen molar-refractivity contribution >= 4 is 21.5 Å². The lowest BCUT2D eigenvalue weighted by atomic mass is 9.76. The van der Waals surface area contributed by atoms with Crippen molar-refractivity contribution in [2.75, 3.05) is 19.6 Å². The smallest absolute Gasteiger partial charge is 0.106 e. The second-order valence-electron chi connectivity index (χ2n) is 8.16. The van der Waals surface area contributed by atoms with Crippen LogP contribution in [0.3, 0.4) is 0 Å². The highest BCUT2D eigenvalue weighted by molar-refractivity contribution is 6.02. The first-order valence-corrected chi connectivity index (χ1v) is 9.65. The molecule has 0 saturated carbocycles. The van der Waals surface area contributed by atoms with Crippen molar-refractivity contribution in [3.63, 3.8) is 0 Å². The highest BCUT2D eigenvalue weighted by Gasteiger charge is 2.44. The summed E-state index contributed by atoms with van der Waals surface area (Å²) in [5.41, 5.74) is 1.55. The molecule has 3 fully saturated rings. The van der Waals surface area contributed by atoms with Crippen LogP contribution in [-0.2, 0) is 6.54 Å². The van der Waals surface area contributed by atoms with Gasteiger partial charge in [0.15, 0.2) is 0 Å². The number of piperidine rings is 3. The van der Waals surface area contributed by atoms with Crippen molar-refractivity contribution in [3.8, 4) is 0 Å². The largest absolute Gasteiger partial charge is 0.319 e. The van der Waals surface area contributed by atoms with E-state index in [1.807, 2.05) is 0 Å². The number of hydrogen-bond donors (Lipinski definition) is 0. The quantitative estimate of drug-likeness (QED) is 0.337. The Morgan fingerprint density at radius 2 is 1.52 bits per heavy atom. The van der Waals surface area contributed by atoms with E-state index in [0.29, 0.717) is 5.92 Å². The van der Waals surface area contributed by atoms with Gasteiger partial charge in [0.25, 0.3) is 0 Å². The average molecular weight is 328 g/mol. The summed E-state index contributed by atoms with van der Waals surface area (Å²) in [6.45, 7) is 9.26. The van der Waals surface area contributed by atoms with Crippen molar-refractivity contribution in [1.82, 2.24) is 0 Å². The topological polar surface area (TPSA) is 0 Å². The van der Waals surface area contributed by atoms with Crippen LogP contribution in [0.25, 0.3) is 21.5 Å². The van der Waals surface area contributed by atoms with Crippen LogP contribution in [0.5, 0.6) is 0 Å². The zero-order chi connectivity index (χ0) is 16.9. The molecule has 126 valence electrons. The molecule has 3 aliphatic rings. The molecule has 0 spiro atoms. The van der Waals surface area contributed by atoms with Crippen LogP contribution in [0.1, 0.15) is 18.4 Å². The maximum atomic E-state index is 4.13. The second kappa shape index (κ2) is 5.71. The van der Waals surface area contributed by atoms with E-state index in [-0.39, 0.29) is 0 Å². The maximum Gasteiger partial charge on any atom is 0.106 e. The summed E-state index contributed by atoms with van der Waals surface area (Å²) < 4.78 is 1.26. The molecule has 0 amide bonds. The SMILES string of the molecule is C=C[C@H]1C[N+]2(Cc3c4ccccc4cc4ccccc34)CCC1CC2. The number of nitrogens with zero attached hydrogens (tertiary/aromatic N) is 1. The average Bonchev–Trinajstić information content (AvgIpc) is 2.68. The summed E-state index contributed by atoms with van der Waals surface area (Å²) in [7, 11) is 0. The number of fused-ring (bicyclic) bond motifs is 5. The number of rotatable bonds is 3. The van der Waals surface area contributed by atoms with E-state index in [0.717, 1.165) is 5.92 Å². The third-order valence-corrected chi connectivity index (χ3v) is 6.83. The molecule has 3 aromatic rings. The second-order valence-corrected chi connectivity index (χ2v) is 8.16. The molecule has 0 aromatic heterocycles. The van der Waals surface area contributed by atoms with Crippen molar-refractivity contribution in [3.05, 3.63) is 72.8 Å². The third-order valence-electron chi connectivity index (χ3n) is 6.83. The molecule has 6 rings (SSSR count). The van der Waals surface area contributed by atoms with Crippen LogP contribution in [-0.4, -0.2) is 24.1 Å². The van der Waals surface area contributed by atoms with Crippen LogP contribution in [0.4, 0.5) is 0 Å². The van der Waals surface area contributed by atoms with Gasteiger partial charge in [-0.05, 0) is 33.5 Å². The zero-order valence-corrected chi connectivity index (χ0v) is 14.8. The van der Waals surface area contributed by atoms with Gasteiger partial charge in [-0.2, -0.15) is 0 Å². The lowest BCUT2D eigenvalue weighted by molar-refractivity contribution is -0.958. The van der Waals surface area contributed by atoms with E-state index in [1.165, 1.54) is 65.0 Å². The summed E-state index contributed by atoms with van der Waals surface area (Å²) >= 11 is 0. The summed E-state index contributed by atoms with van der Waals surface area (Å²) in [5.74, 6) is 1.60. The van der Waals surface area contributed by atoms with Crippen LogP contribution in [0.2, 0.25) is 0 Å². The molecule has 1 nitrogen and oxygen atoms in total. The molecule has 0 N–H and O–H groups in total. The molecule has 3 aromatic carbocycles. The lowest BCUT2D eigenvalue weighted by Gasteiger charge is -2.52. The van der Waals surface area contributed by atoms with E-state index >= 15 is 0 Å². The monoisotopic (exact) mass is 328 g/mol. The fourth-order valence-corrected chi connectivity index (χ4v) is 5.45. The van der Waals surface area contributed by atoms with Crippen LogP contribution < -0.4 is 0 Å². The molecule has 1 heteroatoms. The van der Waals surface area contributed by atoms with Gasteiger partial charge in [0, 0.05) is 24.3 Å². The van der Waals surface area contributed by atoms with Gasteiger partial charge in [-0.25, -0.2) is 0 Å². The minimum absolute atomic E-state index is 0.712. The van der Waals surface area contributed by atoms with Gasteiger partial charge < -0.3 is 4.48 Å². The van der Waals surface area contributed by atoms with Gasteiger partial charge in [0.2, 0.25) is 0 Å². The van der Waals surface area contributed by atoms with Crippen LogP contribution in [0, 0.1) is 11.8 Å². The molecule has 0 radical (unpaired) electrons. The van der Waals surface area contributed by atoms with Crippen LogP contribution >= 0.6 is 0 Å². The molecule has 0 unspecified atom stereocenters. The first kappa shape index (κ1) is 15.2. The van der Waals surface area contributed by atoms with E-state index < -0.39 is 0 Å². The standard InChI is InChI=1S/C24H26N/c1-2-18-16-25(13-11-19(18)12-14-25)17-24-22-9-5-3-7-20(22)15-21-8-4-6-10-23(21)24/h2-10,15,18-19H,1,11-14,16-17H2/q+1/t18-,19?,25?/m0/s1. The van der Waals surface area contributed by atoms with Gasteiger partial charge >= 0.3 is 0 Å². The van der Waals surface area contributed by atoms with Crippen LogP contribution in [0.15, 0.2) is 67.3 Å². The Morgan fingerprint density at radius 3 is 2.12 bits per heavy atom. The van der Waals surface area contributed by atoms with Crippen molar-refractivity contribution < 1.29 is 4.48 Å². The fourth-order valence-electron chi connectivity index (χ4n) is 5.45. The highest BCUT2D eigenvalue weighted by atomic mass is 15.4. The van der Waals surface area contributed by atoms with E-state index in [1.54, 1.807) is 5.56 Å². The van der Waals surface area contributed by atoms with Gasteiger partial charge in [0.1, 0.15) is 6.54 Å². The van der Waals surface area contributed by atoms with Crippen molar-refractivity contribution in [1.29, 1.82) is 0 Å². The molecule has 3 aliphatic heterocycles. The first-order chi connectivity index (χ1) is 12.3. The predicted octanol–water partition coefficient (Wildman–Crippen LogP) is 5.54. The van der Waals surface area contributed by atoms with E-state index in [2.05, 4.69) is 67.3 Å². The Kier molecular flexibility index (Phi) is 3.46. The summed E-state index contributed by atoms with van der Waals surface area (Å²) in [5, 5.41) is 5.64. The molecular formula is C24H26N+. The molecule has 3 heterocycles. The number of quaternary nitrogens is 1. The summed E-state index contributed by atoms with van der Waals surface area (Å²) in [4.78, 5) is 0. The van der Waals surface area contributed by atoms with Crippen molar-refractivity contribution in [2.24, 2.45) is 11.8 Å². The third kappa shape index (κ3) is 2.41. The number of benzene rings is 3. The Balaban J connectivity index is 1.67. The molecule has 25 heavy (non-hydrogen) atoms. The minimum Gasteiger partial charge on any atom is -0.319 e. The minimum atomic E-state index is 0.712. The molecule has 3 saturated heterocycles. The van der Waals surface area contributed by atoms with Gasteiger partial charge in [0.05, 0.1) is 19.6 Å². The molecule has 0 aliphatic carbocycles. The van der Waals surface area contributed by atoms with Gasteiger partial charge in [-0.1, -0.05) is 54.6 Å². The number of hydrogen-bond acceptors (Lipinski definition) is 0. The Hall–Kier alpha value is -2.12. The Bertz CT molecular complexity index is 893. The highest BCUT2D eigenvalue weighted by Crippen LogP contribution is 2.41. The molecular weight excluding hydrogens is 302 g/mol. The molecule has 2 bridgehead atoms. The molecule has 1 atom stereocenters. The van der Waals surface area contributed by atoms with Gasteiger partial charge in [-0.15, -0.1) is 6.58 Å². The van der Waals surface area contributed by atoms with E-state index in [9.17, 15) is 0 Å². The predicted molar refractivity (Wildman–Crippen MR) is 106 cm³/mol. The van der Waals surface area contributed by atoms with Crippen molar-refractivity contribution in [2.45, 2.75) is 19.4 Å². The fraction of sp³-hybridized carbons (Fsp3) is 0.333. The first-order valence-electron chi connectivity index (χ1n) is 9.65. The Labute approximate surface area is 150 Å². The zero-order valence-electron chi connectivity index (χ0n) is 14.8. The lowest BCUT2D eigenvalue weighted by Crippen LogP contribution is -2.60. The van der Waals surface area contributed by atoms with E-state index in [4.69, 9.17) is 0 Å². The summed E-state index contributed by atoms with van der Waals surface area (Å²) in [6, 6.07) is 20.2. The Morgan fingerprint density at radius 1 is 0.920 bits per heavy atom. The van der Waals surface area contributed by atoms with Gasteiger partial charge in [-0.3, -0.25) is 0 Å².